The van der Waals surface area contributed by atoms with Crippen LogP contribution in [0.3, 0.4) is 0 Å². The fraction of sp³-hybridized carbons (Fsp3) is 0.214. The van der Waals surface area contributed by atoms with Crippen LogP contribution in [0.1, 0.15) is 12.5 Å². The number of nitrogens with zero attached hydrogens (tertiary/aromatic N) is 1. The minimum absolute atomic E-state index is 0.0128. The molecule has 20 heavy (non-hydrogen) atoms. The van der Waals surface area contributed by atoms with Crippen molar-refractivity contribution < 1.29 is 13.2 Å². The van der Waals surface area contributed by atoms with Crippen LogP contribution in [0.5, 0.6) is 0 Å². The number of aromatic nitrogens is 1. The molecule has 0 unspecified atom stereocenters. The Morgan fingerprint density at radius 3 is 2.40 bits per heavy atom. The molecule has 106 valence electrons. The third-order valence-corrected chi connectivity index (χ3v) is 2.60. The summed E-state index contributed by atoms with van der Waals surface area (Å²) >= 11 is 0. The molecule has 0 aliphatic carbocycles. The average Bonchev–Trinajstić information content (AvgIpc) is 2.39. The molecule has 0 atom stereocenters. The summed E-state index contributed by atoms with van der Waals surface area (Å²) in [6.07, 6.45) is -4.40. The van der Waals surface area contributed by atoms with Gasteiger partial charge in [-0.1, -0.05) is 18.2 Å². The first kappa shape index (κ1) is 14.2. The Morgan fingerprint density at radius 2 is 1.70 bits per heavy atom. The highest BCUT2D eigenvalue weighted by Crippen LogP contribution is 2.35. The molecule has 0 amide bonds. The van der Waals surface area contributed by atoms with Gasteiger partial charge < -0.3 is 10.6 Å². The molecule has 2 aromatic rings. The van der Waals surface area contributed by atoms with Gasteiger partial charge in [0.05, 0.1) is 11.3 Å². The first-order chi connectivity index (χ1) is 9.50. The summed E-state index contributed by atoms with van der Waals surface area (Å²) < 4.78 is 38.6. The van der Waals surface area contributed by atoms with E-state index in [0.717, 1.165) is 6.07 Å². The molecule has 6 heteroatoms. The van der Waals surface area contributed by atoms with Gasteiger partial charge in [-0.3, -0.25) is 0 Å². The molecule has 0 spiro atoms. The highest BCUT2D eigenvalue weighted by atomic mass is 19.4. The summed E-state index contributed by atoms with van der Waals surface area (Å²) in [5.74, 6) is 0.974. The van der Waals surface area contributed by atoms with Crippen LogP contribution in [0.15, 0.2) is 42.5 Å². The molecule has 2 rings (SSSR count). The van der Waals surface area contributed by atoms with Crippen LogP contribution in [0.2, 0.25) is 0 Å². The maximum atomic E-state index is 12.9. The zero-order chi connectivity index (χ0) is 14.6. The smallest absolute Gasteiger partial charge is 0.370 e. The van der Waals surface area contributed by atoms with E-state index in [1.165, 1.54) is 12.1 Å². The van der Waals surface area contributed by atoms with Gasteiger partial charge in [0.2, 0.25) is 0 Å². The third kappa shape index (κ3) is 3.40. The minimum atomic E-state index is -4.40. The number of pyridine rings is 1. The largest absolute Gasteiger partial charge is 0.418 e. The van der Waals surface area contributed by atoms with Crippen molar-refractivity contribution in [2.24, 2.45) is 0 Å². The van der Waals surface area contributed by atoms with Crippen LogP contribution >= 0.6 is 0 Å². The Bertz CT molecular complexity index is 582. The number of benzene rings is 1. The molecule has 1 heterocycles. The van der Waals surface area contributed by atoms with E-state index in [2.05, 4.69) is 15.6 Å². The van der Waals surface area contributed by atoms with E-state index in [0.29, 0.717) is 18.2 Å². The van der Waals surface area contributed by atoms with Gasteiger partial charge in [-0.2, -0.15) is 13.2 Å². The summed E-state index contributed by atoms with van der Waals surface area (Å²) in [5.41, 5.74) is -0.725. The molecule has 1 aromatic carbocycles. The fourth-order valence-corrected chi connectivity index (χ4v) is 1.76. The van der Waals surface area contributed by atoms with Crippen molar-refractivity contribution in [2.75, 3.05) is 17.2 Å². The Balaban J connectivity index is 2.28. The third-order valence-electron chi connectivity index (χ3n) is 2.60. The zero-order valence-corrected chi connectivity index (χ0v) is 10.8. The summed E-state index contributed by atoms with van der Waals surface area (Å²) in [6, 6.07) is 10.4. The lowest BCUT2D eigenvalue weighted by atomic mass is 10.1. The van der Waals surface area contributed by atoms with E-state index in [1.807, 2.05) is 6.92 Å². The van der Waals surface area contributed by atoms with E-state index >= 15 is 0 Å². The van der Waals surface area contributed by atoms with Gasteiger partial charge in [0, 0.05) is 6.54 Å². The number of nitrogens with one attached hydrogen (secondary N) is 2. The molecule has 0 bridgehead atoms. The van der Waals surface area contributed by atoms with Gasteiger partial charge in [0.1, 0.15) is 11.6 Å². The molecule has 0 aliphatic heterocycles. The lowest BCUT2D eigenvalue weighted by Crippen LogP contribution is -2.09. The van der Waals surface area contributed by atoms with E-state index in [4.69, 9.17) is 0 Å². The van der Waals surface area contributed by atoms with Crippen molar-refractivity contribution in [2.45, 2.75) is 13.1 Å². The van der Waals surface area contributed by atoms with E-state index in [-0.39, 0.29) is 5.69 Å². The molecule has 0 radical (unpaired) electrons. The number of halogens is 3. The van der Waals surface area contributed by atoms with Crippen molar-refractivity contribution >= 4 is 17.3 Å². The lowest BCUT2D eigenvalue weighted by molar-refractivity contribution is -0.136. The highest BCUT2D eigenvalue weighted by Gasteiger charge is 2.33. The van der Waals surface area contributed by atoms with Gasteiger partial charge in [0.15, 0.2) is 0 Å². The monoisotopic (exact) mass is 281 g/mol. The maximum absolute atomic E-state index is 12.9. The van der Waals surface area contributed by atoms with Crippen molar-refractivity contribution in [3.05, 3.63) is 48.0 Å². The van der Waals surface area contributed by atoms with Crippen molar-refractivity contribution in [3.8, 4) is 0 Å². The fourth-order valence-electron chi connectivity index (χ4n) is 1.76. The van der Waals surface area contributed by atoms with Gasteiger partial charge in [0.25, 0.3) is 0 Å². The Kier molecular flexibility index (Phi) is 4.12. The predicted octanol–water partition coefficient (Wildman–Crippen LogP) is 4.28. The lowest BCUT2D eigenvalue weighted by Gasteiger charge is -2.14. The minimum Gasteiger partial charge on any atom is -0.370 e. The van der Waals surface area contributed by atoms with Crippen LogP contribution < -0.4 is 10.6 Å². The summed E-state index contributed by atoms with van der Waals surface area (Å²) in [6.45, 7) is 2.61. The number of rotatable bonds is 4. The van der Waals surface area contributed by atoms with Gasteiger partial charge >= 0.3 is 6.18 Å². The normalized spacial score (nSPS) is 11.2. The standard InChI is InChI=1S/C14H14F3N3/c1-2-18-12-8-5-9-13(20-12)19-11-7-4-3-6-10(11)14(15,16)17/h3-9H,2H2,1H3,(H2,18,19,20). The first-order valence-electron chi connectivity index (χ1n) is 6.15. The summed E-state index contributed by atoms with van der Waals surface area (Å²) in [4.78, 5) is 4.19. The van der Waals surface area contributed by atoms with Crippen LogP contribution in [0.4, 0.5) is 30.5 Å². The molecule has 2 N–H and O–H groups in total. The highest BCUT2D eigenvalue weighted by molar-refractivity contribution is 5.62. The molecule has 0 saturated heterocycles. The number of anilines is 3. The topological polar surface area (TPSA) is 37.0 Å². The zero-order valence-electron chi connectivity index (χ0n) is 10.8. The number of para-hydroxylation sites is 1. The summed E-state index contributed by atoms with van der Waals surface area (Å²) in [5, 5.41) is 5.71. The molecule has 1 aromatic heterocycles. The number of hydrogen-bond donors (Lipinski definition) is 2. The Hall–Kier alpha value is -2.24. The van der Waals surface area contributed by atoms with Gasteiger partial charge in [-0.25, -0.2) is 4.98 Å². The van der Waals surface area contributed by atoms with Crippen LogP contribution in [-0.4, -0.2) is 11.5 Å². The van der Waals surface area contributed by atoms with Crippen LogP contribution in [0.25, 0.3) is 0 Å². The quantitative estimate of drug-likeness (QED) is 0.878. The second-order valence-corrected chi connectivity index (χ2v) is 4.11. The van der Waals surface area contributed by atoms with Crippen LogP contribution in [-0.2, 0) is 6.18 Å². The van der Waals surface area contributed by atoms with Gasteiger partial charge in [-0.05, 0) is 31.2 Å². The number of alkyl halides is 3. The second-order valence-electron chi connectivity index (χ2n) is 4.11. The van der Waals surface area contributed by atoms with E-state index in [9.17, 15) is 13.2 Å². The second kappa shape index (κ2) is 5.81. The van der Waals surface area contributed by atoms with E-state index in [1.54, 1.807) is 24.3 Å². The van der Waals surface area contributed by atoms with Crippen LogP contribution in [0, 0.1) is 0 Å². The summed E-state index contributed by atoms with van der Waals surface area (Å²) in [7, 11) is 0. The molecular weight excluding hydrogens is 267 g/mol. The Labute approximate surface area is 114 Å². The molecule has 0 saturated carbocycles. The first-order valence-corrected chi connectivity index (χ1v) is 6.15. The van der Waals surface area contributed by atoms with Crippen molar-refractivity contribution in [1.29, 1.82) is 0 Å². The predicted molar refractivity (Wildman–Crippen MR) is 73.1 cm³/mol. The maximum Gasteiger partial charge on any atom is 0.418 e. The Morgan fingerprint density at radius 1 is 1.00 bits per heavy atom. The molecular formula is C14H14F3N3. The van der Waals surface area contributed by atoms with Crippen molar-refractivity contribution in [1.82, 2.24) is 4.98 Å². The molecule has 3 nitrogen and oxygen atoms in total. The molecule has 0 aliphatic rings. The average molecular weight is 281 g/mol. The van der Waals surface area contributed by atoms with Crippen molar-refractivity contribution in [3.63, 3.8) is 0 Å². The SMILES string of the molecule is CCNc1cccc(Nc2ccccc2C(F)(F)F)n1. The number of hydrogen-bond acceptors (Lipinski definition) is 3. The molecule has 0 fully saturated rings. The van der Waals surface area contributed by atoms with E-state index < -0.39 is 11.7 Å². The van der Waals surface area contributed by atoms with Gasteiger partial charge in [-0.15, -0.1) is 0 Å².